The molecule has 1 fully saturated rings. The third-order valence-corrected chi connectivity index (χ3v) is 7.70. The number of hydrogen-bond donors (Lipinski definition) is 3. The molecule has 186 valence electrons. The summed E-state index contributed by atoms with van der Waals surface area (Å²) in [5.41, 5.74) is 0.423. The predicted octanol–water partition coefficient (Wildman–Crippen LogP) is 1.17. The van der Waals surface area contributed by atoms with Crippen LogP contribution in [0.5, 0.6) is 5.75 Å². The summed E-state index contributed by atoms with van der Waals surface area (Å²) >= 11 is 5.98. The van der Waals surface area contributed by atoms with Gasteiger partial charge in [-0.25, -0.2) is 18.2 Å². The first-order chi connectivity index (χ1) is 16.7. The first kappa shape index (κ1) is 24.7. The van der Waals surface area contributed by atoms with Crippen molar-refractivity contribution in [2.75, 3.05) is 38.6 Å². The fraction of sp³-hybridized carbons (Fsp3) is 0.333. The van der Waals surface area contributed by atoms with Crippen LogP contribution in [0, 0.1) is 0 Å². The molecule has 2 aromatic heterocycles. The number of H-pyrrole nitrogens is 2. The summed E-state index contributed by atoms with van der Waals surface area (Å²) in [5.74, 6) is -0.218. The van der Waals surface area contributed by atoms with Crippen molar-refractivity contribution in [2.45, 2.75) is 17.7 Å². The average molecular weight is 523 g/mol. The molecule has 1 aromatic carbocycles. The van der Waals surface area contributed by atoms with Gasteiger partial charge in [0.1, 0.15) is 16.5 Å². The number of fused-ring (bicyclic) bond motifs is 1. The molecular weight excluding hydrogens is 500 g/mol. The molecule has 0 atom stereocenters. The summed E-state index contributed by atoms with van der Waals surface area (Å²) in [5, 5.41) is 2.87. The van der Waals surface area contributed by atoms with E-state index in [1.165, 1.54) is 28.4 Å². The van der Waals surface area contributed by atoms with E-state index in [4.69, 9.17) is 16.3 Å². The third-order valence-electron chi connectivity index (χ3n) is 5.54. The highest BCUT2D eigenvalue weighted by molar-refractivity contribution is 7.89. The molecule has 1 saturated heterocycles. The van der Waals surface area contributed by atoms with Crippen molar-refractivity contribution >= 4 is 50.4 Å². The van der Waals surface area contributed by atoms with E-state index in [0.717, 1.165) is 0 Å². The monoisotopic (exact) mass is 522 g/mol. The number of sulfonamides is 1. The molecule has 12 nitrogen and oxygen atoms in total. The lowest BCUT2D eigenvalue weighted by Gasteiger charge is -2.34. The molecule has 0 radical (unpaired) electrons. The number of pyridine rings is 1. The number of nitrogens with one attached hydrogen (secondary N) is 3. The molecule has 14 heteroatoms. The number of rotatable bonds is 7. The first-order valence-corrected chi connectivity index (χ1v) is 12.5. The Kier molecular flexibility index (Phi) is 7.10. The second kappa shape index (κ2) is 10.1. The van der Waals surface area contributed by atoms with Gasteiger partial charge in [-0.1, -0.05) is 11.6 Å². The van der Waals surface area contributed by atoms with Gasteiger partial charge in [-0.15, -0.1) is 0 Å². The van der Waals surface area contributed by atoms with Crippen molar-refractivity contribution in [3.8, 4) is 5.75 Å². The Bertz CT molecular complexity index is 1430. The summed E-state index contributed by atoms with van der Waals surface area (Å²) in [7, 11) is -2.48. The van der Waals surface area contributed by atoms with Crippen LogP contribution < -0.4 is 15.7 Å². The number of hydrogen-bond acceptors (Lipinski definition) is 7. The van der Waals surface area contributed by atoms with Crippen molar-refractivity contribution in [1.29, 1.82) is 0 Å². The number of carbonyl (C=O) groups excluding carboxylic acids is 2. The number of imidazole rings is 1. The number of piperazine rings is 1. The fourth-order valence-corrected chi connectivity index (χ4v) is 5.58. The maximum absolute atomic E-state index is 13.1. The van der Waals surface area contributed by atoms with Crippen molar-refractivity contribution < 1.29 is 22.7 Å². The van der Waals surface area contributed by atoms with Crippen molar-refractivity contribution in [1.82, 2.24) is 24.2 Å². The summed E-state index contributed by atoms with van der Waals surface area (Å²) in [4.78, 5) is 46.9. The van der Waals surface area contributed by atoms with Crippen LogP contribution in [0.4, 0.5) is 5.82 Å². The molecule has 0 aliphatic carbocycles. The predicted molar refractivity (Wildman–Crippen MR) is 128 cm³/mol. The minimum atomic E-state index is -3.86. The molecule has 3 aromatic rings. The summed E-state index contributed by atoms with van der Waals surface area (Å²) in [6, 6.07) is 7.52. The van der Waals surface area contributed by atoms with Crippen LogP contribution in [0.25, 0.3) is 11.2 Å². The molecular formula is C21H23ClN6O6S. The molecule has 3 N–H and O–H groups in total. The number of carbonyl (C=O) groups is 2. The Morgan fingerprint density at radius 3 is 2.57 bits per heavy atom. The number of nitrogens with zero attached hydrogens (tertiary/aromatic N) is 3. The molecule has 0 bridgehead atoms. The van der Waals surface area contributed by atoms with Gasteiger partial charge in [0.05, 0.1) is 12.6 Å². The van der Waals surface area contributed by atoms with Gasteiger partial charge < -0.3 is 19.9 Å². The average Bonchev–Trinajstić information content (AvgIpc) is 3.21. The molecule has 1 aliphatic heterocycles. The van der Waals surface area contributed by atoms with Crippen LogP contribution in [0.2, 0.25) is 5.02 Å². The standard InChI is InChI=1S/C21H23ClN6O6S/c1-34-15-4-2-13(22)12-16(15)35(32,33)28-10-8-27(9-11-28)19(30)7-6-18(29)24-17-5-3-14-20(25-17)26-21(31)23-14/h2-5,12H,6-11H2,1H3,(H3,23,24,25,26,29,31). The Hall–Kier alpha value is -3.42. The summed E-state index contributed by atoms with van der Waals surface area (Å²) in [6.07, 6.45) is -0.107. The number of ether oxygens (including phenoxy) is 1. The van der Waals surface area contributed by atoms with Crippen LogP contribution in [0.3, 0.4) is 0 Å². The van der Waals surface area contributed by atoms with E-state index in [-0.39, 0.29) is 66.4 Å². The highest BCUT2D eigenvalue weighted by Crippen LogP contribution is 2.30. The van der Waals surface area contributed by atoms with E-state index in [9.17, 15) is 22.8 Å². The largest absolute Gasteiger partial charge is 0.495 e. The number of methoxy groups -OCH3 is 1. The van der Waals surface area contributed by atoms with Crippen LogP contribution in [0.1, 0.15) is 12.8 Å². The lowest BCUT2D eigenvalue weighted by molar-refractivity contribution is -0.133. The maximum Gasteiger partial charge on any atom is 0.325 e. The van der Waals surface area contributed by atoms with Gasteiger partial charge in [0.2, 0.25) is 21.8 Å². The SMILES string of the molecule is COc1ccc(Cl)cc1S(=O)(=O)N1CCN(C(=O)CCC(=O)Nc2ccc3[nH]c(=O)[nH]c3n2)CC1. The van der Waals surface area contributed by atoms with Gasteiger partial charge in [-0.05, 0) is 30.3 Å². The number of anilines is 1. The van der Waals surface area contributed by atoms with E-state index in [2.05, 4.69) is 20.3 Å². The number of halogens is 1. The van der Waals surface area contributed by atoms with Gasteiger partial charge in [-0.2, -0.15) is 4.31 Å². The molecule has 0 spiro atoms. The highest BCUT2D eigenvalue weighted by Gasteiger charge is 2.32. The number of aromatic nitrogens is 3. The van der Waals surface area contributed by atoms with E-state index >= 15 is 0 Å². The maximum atomic E-state index is 13.1. The van der Waals surface area contributed by atoms with Crippen molar-refractivity contribution in [3.05, 3.63) is 45.8 Å². The fourth-order valence-electron chi connectivity index (χ4n) is 3.74. The van der Waals surface area contributed by atoms with Gasteiger partial charge in [0.25, 0.3) is 0 Å². The van der Waals surface area contributed by atoms with Crippen LogP contribution >= 0.6 is 11.6 Å². The Morgan fingerprint density at radius 1 is 1.11 bits per heavy atom. The minimum Gasteiger partial charge on any atom is -0.495 e. The zero-order valence-electron chi connectivity index (χ0n) is 18.7. The van der Waals surface area contributed by atoms with E-state index in [1.807, 2.05) is 0 Å². The molecule has 0 unspecified atom stereocenters. The first-order valence-electron chi connectivity index (χ1n) is 10.7. The van der Waals surface area contributed by atoms with Crippen molar-refractivity contribution in [2.24, 2.45) is 0 Å². The molecule has 3 heterocycles. The lowest BCUT2D eigenvalue weighted by Crippen LogP contribution is -2.50. The Balaban J connectivity index is 1.30. The summed E-state index contributed by atoms with van der Waals surface area (Å²) < 4.78 is 32.6. The van der Waals surface area contributed by atoms with Crippen LogP contribution in [-0.4, -0.2) is 77.7 Å². The number of aromatic amines is 2. The van der Waals surface area contributed by atoms with E-state index < -0.39 is 21.6 Å². The molecule has 0 saturated carbocycles. The van der Waals surface area contributed by atoms with Crippen molar-refractivity contribution in [3.63, 3.8) is 0 Å². The minimum absolute atomic E-state index is 0.0283. The van der Waals surface area contributed by atoms with Gasteiger partial charge in [-0.3, -0.25) is 14.6 Å². The second-order valence-electron chi connectivity index (χ2n) is 7.80. The Labute approximate surface area is 205 Å². The summed E-state index contributed by atoms with van der Waals surface area (Å²) in [6.45, 7) is 0.604. The highest BCUT2D eigenvalue weighted by atomic mass is 35.5. The van der Waals surface area contributed by atoms with Crippen LogP contribution in [-0.2, 0) is 19.6 Å². The Morgan fingerprint density at radius 2 is 1.86 bits per heavy atom. The zero-order valence-corrected chi connectivity index (χ0v) is 20.3. The molecule has 4 rings (SSSR count). The third kappa shape index (κ3) is 5.47. The number of amides is 2. The van der Waals surface area contributed by atoms with E-state index in [0.29, 0.717) is 11.2 Å². The topological polar surface area (TPSA) is 158 Å². The lowest BCUT2D eigenvalue weighted by atomic mass is 10.2. The number of benzene rings is 1. The second-order valence-corrected chi connectivity index (χ2v) is 10.1. The van der Waals surface area contributed by atoms with Gasteiger partial charge in [0.15, 0.2) is 5.65 Å². The molecule has 1 aliphatic rings. The molecule has 2 amide bonds. The van der Waals surface area contributed by atoms with Gasteiger partial charge in [0, 0.05) is 44.0 Å². The molecule has 35 heavy (non-hydrogen) atoms. The quantitative estimate of drug-likeness (QED) is 0.420. The van der Waals surface area contributed by atoms with Gasteiger partial charge >= 0.3 is 5.69 Å². The van der Waals surface area contributed by atoms with E-state index in [1.54, 1.807) is 18.2 Å². The zero-order chi connectivity index (χ0) is 25.2. The normalized spacial score (nSPS) is 14.7. The smallest absolute Gasteiger partial charge is 0.325 e. The van der Waals surface area contributed by atoms with Crippen LogP contribution in [0.15, 0.2) is 40.0 Å².